The Morgan fingerprint density at radius 3 is 2.71 bits per heavy atom. The topological polar surface area (TPSA) is 105 Å². The third-order valence-electron chi connectivity index (χ3n) is 4.75. The van der Waals surface area contributed by atoms with Crippen molar-refractivity contribution in [3.05, 3.63) is 55.6 Å². The molecule has 1 atom stereocenters. The monoisotopic (exact) mass is 402 g/mol. The second-order valence-corrected chi connectivity index (χ2v) is 8.65. The highest BCUT2D eigenvalue weighted by Crippen LogP contribution is 2.33. The van der Waals surface area contributed by atoms with Crippen LogP contribution in [0.3, 0.4) is 0 Å². The van der Waals surface area contributed by atoms with Crippen LogP contribution in [0.25, 0.3) is 0 Å². The Bertz CT molecular complexity index is 975. The van der Waals surface area contributed by atoms with Gasteiger partial charge in [-0.05, 0) is 29.3 Å². The third kappa shape index (κ3) is 4.22. The maximum absolute atomic E-state index is 12.8. The number of ketones is 1. The number of ether oxygens (including phenoxy) is 1. The van der Waals surface area contributed by atoms with E-state index in [4.69, 9.17) is 4.74 Å². The highest BCUT2D eigenvalue weighted by atomic mass is 32.1. The van der Waals surface area contributed by atoms with Gasteiger partial charge in [-0.15, -0.1) is 11.3 Å². The summed E-state index contributed by atoms with van der Waals surface area (Å²) in [4.78, 5) is 52.9. The number of hydrogen-bond acceptors (Lipinski definition) is 6. The van der Waals surface area contributed by atoms with E-state index in [1.807, 2.05) is 25.3 Å². The first kappa shape index (κ1) is 20.0. The number of nitrogens with one attached hydrogen (secondary N) is 2. The van der Waals surface area contributed by atoms with Crippen LogP contribution in [0.5, 0.6) is 0 Å². The third-order valence-corrected chi connectivity index (χ3v) is 5.74. The van der Waals surface area contributed by atoms with E-state index in [1.165, 1.54) is 24.5 Å². The molecular weight excluding hydrogens is 380 g/mol. The van der Waals surface area contributed by atoms with Gasteiger partial charge in [-0.25, -0.2) is 0 Å². The number of hydrogen-bond donors (Lipinski definition) is 2. The number of rotatable bonds is 5. The number of fused-ring (bicyclic) bond motifs is 1. The van der Waals surface area contributed by atoms with E-state index >= 15 is 0 Å². The zero-order valence-corrected chi connectivity index (χ0v) is 16.8. The van der Waals surface area contributed by atoms with Crippen molar-refractivity contribution in [2.24, 2.45) is 5.41 Å². The molecule has 0 saturated heterocycles. The average molecular weight is 402 g/mol. The predicted octanol–water partition coefficient (Wildman–Crippen LogP) is 2.63. The van der Waals surface area contributed by atoms with Crippen LogP contribution in [0.2, 0.25) is 0 Å². The minimum atomic E-state index is -0.635. The van der Waals surface area contributed by atoms with Gasteiger partial charge in [-0.2, -0.15) is 0 Å². The standard InChI is InChI=1S/C20H22N2O5S/c1-20(2)9-14-11(15(23)10-20)7-12(19(26)22-14)18(25)21-13(8-17(24)27-3)16-5-4-6-28-16/h4-7,13H,8-10H2,1-3H3,(H,21,25)(H,22,26). The number of aromatic amines is 1. The second kappa shape index (κ2) is 7.71. The molecule has 1 aliphatic carbocycles. The Balaban J connectivity index is 1.89. The molecule has 1 amide bonds. The molecule has 2 heterocycles. The maximum Gasteiger partial charge on any atom is 0.307 e. The van der Waals surface area contributed by atoms with Gasteiger partial charge >= 0.3 is 5.97 Å². The molecule has 2 aromatic rings. The fourth-order valence-electron chi connectivity index (χ4n) is 3.39. The lowest BCUT2D eigenvalue weighted by atomic mass is 9.75. The number of H-pyrrole nitrogens is 1. The number of carbonyl (C=O) groups is 3. The van der Waals surface area contributed by atoms with Gasteiger partial charge in [0.2, 0.25) is 0 Å². The normalized spacial score (nSPS) is 16.2. The lowest BCUT2D eigenvalue weighted by Gasteiger charge is -2.29. The van der Waals surface area contributed by atoms with Gasteiger partial charge in [0.1, 0.15) is 5.56 Å². The van der Waals surface area contributed by atoms with Crippen LogP contribution < -0.4 is 10.9 Å². The zero-order chi connectivity index (χ0) is 20.5. The highest BCUT2D eigenvalue weighted by Gasteiger charge is 2.33. The molecule has 2 N–H and O–H groups in total. The van der Waals surface area contributed by atoms with E-state index in [0.29, 0.717) is 24.1 Å². The van der Waals surface area contributed by atoms with Crippen LogP contribution in [0.15, 0.2) is 28.4 Å². The number of carbonyl (C=O) groups excluding carboxylic acids is 3. The number of Topliss-reactive ketones (excluding diaryl/α,β-unsaturated/α-hetero) is 1. The van der Waals surface area contributed by atoms with Gasteiger partial charge in [0.15, 0.2) is 5.78 Å². The van der Waals surface area contributed by atoms with Crippen molar-refractivity contribution in [3.63, 3.8) is 0 Å². The Hall–Kier alpha value is -2.74. The van der Waals surface area contributed by atoms with E-state index in [9.17, 15) is 19.2 Å². The van der Waals surface area contributed by atoms with Gasteiger partial charge in [-0.3, -0.25) is 19.2 Å². The van der Waals surface area contributed by atoms with Crippen molar-refractivity contribution in [1.29, 1.82) is 0 Å². The molecule has 0 aromatic carbocycles. The first-order valence-corrected chi connectivity index (χ1v) is 9.78. The Morgan fingerprint density at radius 1 is 1.32 bits per heavy atom. The molecule has 0 radical (unpaired) electrons. The fraction of sp³-hybridized carbons (Fsp3) is 0.400. The molecule has 2 aromatic heterocycles. The van der Waals surface area contributed by atoms with Crippen LogP contribution in [-0.4, -0.2) is 29.8 Å². The summed E-state index contributed by atoms with van der Waals surface area (Å²) >= 11 is 1.39. The number of methoxy groups -OCH3 is 1. The molecule has 28 heavy (non-hydrogen) atoms. The van der Waals surface area contributed by atoms with Crippen LogP contribution in [0.1, 0.15) is 64.0 Å². The van der Waals surface area contributed by atoms with Gasteiger partial charge < -0.3 is 15.0 Å². The first-order chi connectivity index (χ1) is 13.2. The summed E-state index contributed by atoms with van der Waals surface area (Å²) in [6.45, 7) is 3.93. The molecule has 0 aliphatic heterocycles. The van der Waals surface area contributed by atoms with Crippen molar-refractivity contribution in [2.45, 2.75) is 39.2 Å². The van der Waals surface area contributed by atoms with Crippen molar-refractivity contribution >= 4 is 29.0 Å². The molecule has 1 unspecified atom stereocenters. The molecule has 148 valence electrons. The lowest BCUT2D eigenvalue weighted by Crippen LogP contribution is -2.36. The second-order valence-electron chi connectivity index (χ2n) is 7.67. The highest BCUT2D eigenvalue weighted by molar-refractivity contribution is 7.10. The molecule has 0 fully saturated rings. The largest absolute Gasteiger partial charge is 0.469 e. The van der Waals surface area contributed by atoms with E-state index in [1.54, 1.807) is 6.07 Å². The summed E-state index contributed by atoms with van der Waals surface area (Å²) in [5.41, 5.74) is 0.0153. The molecule has 0 saturated carbocycles. The summed E-state index contributed by atoms with van der Waals surface area (Å²) in [7, 11) is 1.27. The Kier molecular flexibility index (Phi) is 5.51. The van der Waals surface area contributed by atoms with E-state index in [0.717, 1.165) is 4.88 Å². The quantitative estimate of drug-likeness (QED) is 0.748. The Labute approximate surface area is 166 Å². The smallest absolute Gasteiger partial charge is 0.307 e. The SMILES string of the molecule is COC(=O)CC(NC(=O)c1cc2c([nH]c1=O)CC(C)(C)CC2=O)c1cccs1. The van der Waals surface area contributed by atoms with E-state index < -0.39 is 23.5 Å². The van der Waals surface area contributed by atoms with Gasteiger partial charge in [-0.1, -0.05) is 19.9 Å². The van der Waals surface area contributed by atoms with Crippen LogP contribution in [0.4, 0.5) is 0 Å². The number of pyridine rings is 1. The van der Waals surface area contributed by atoms with Crippen LogP contribution in [-0.2, 0) is 16.0 Å². The lowest BCUT2D eigenvalue weighted by molar-refractivity contribution is -0.141. The van der Waals surface area contributed by atoms with Crippen LogP contribution in [0, 0.1) is 5.41 Å². The summed E-state index contributed by atoms with van der Waals surface area (Å²) in [6, 6.07) is 4.35. The van der Waals surface area contributed by atoms with Crippen molar-refractivity contribution in [2.75, 3.05) is 7.11 Å². The summed E-state index contributed by atoms with van der Waals surface area (Å²) in [6.07, 6.45) is 0.858. The summed E-state index contributed by atoms with van der Waals surface area (Å²) < 4.78 is 4.70. The average Bonchev–Trinajstić information content (AvgIpc) is 3.13. The van der Waals surface area contributed by atoms with E-state index in [2.05, 4.69) is 10.3 Å². The fourth-order valence-corrected chi connectivity index (χ4v) is 4.17. The first-order valence-electron chi connectivity index (χ1n) is 8.90. The molecular formula is C20H22N2O5S. The number of amides is 1. The summed E-state index contributed by atoms with van der Waals surface area (Å²) in [5.74, 6) is -1.21. The molecule has 0 bridgehead atoms. The number of thiophene rings is 1. The van der Waals surface area contributed by atoms with Crippen molar-refractivity contribution < 1.29 is 19.1 Å². The molecule has 7 nitrogen and oxygen atoms in total. The predicted molar refractivity (Wildman–Crippen MR) is 105 cm³/mol. The molecule has 1 aliphatic rings. The minimum absolute atomic E-state index is 0.0568. The number of esters is 1. The molecule has 3 rings (SSSR count). The molecule has 8 heteroatoms. The van der Waals surface area contributed by atoms with Gasteiger partial charge in [0.05, 0.1) is 19.6 Å². The summed E-state index contributed by atoms with van der Waals surface area (Å²) in [5, 5.41) is 4.55. The number of aromatic nitrogens is 1. The van der Waals surface area contributed by atoms with Gasteiger partial charge in [0.25, 0.3) is 11.5 Å². The van der Waals surface area contributed by atoms with E-state index in [-0.39, 0.29) is 23.2 Å². The minimum Gasteiger partial charge on any atom is -0.469 e. The Morgan fingerprint density at radius 2 is 2.07 bits per heavy atom. The van der Waals surface area contributed by atoms with Gasteiger partial charge in [0, 0.05) is 22.6 Å². The maximum atomic E-state index is 12.8. The van der Waals surface area contributed by atoms with Crippen molar-refractivity contribution in [1.82, 2.24) is 10.3 Å². The van der Waals surface area contributed by atoms with Crippen LogP contribution >= 0.6 is 11.3 Å². The van der Waals surface area contributed by atoms with Crippen molar-refractivity contribution in [3.8, 4) is 0 Å². The molecule has 0 spiro atoms. The zero-order valence-electron chi connectivity index (χ0n) is 16.0.